The molecule has 7 nitrogen and oxygen atoms in total. The summed E-state index contributed by atoms with van der Waals surface area (Å²) < 4.78 is 61.7. The van der Waals surface area contributed by atoms with Crippen LogP contribution in [0.15, 0.2) is 47.4 Å². The van der Waals surface area contributed by atoms with E-state index in [1.165, 1.54) is 13.2 Å². The van der Waals surface area contributed by atoms with Crippen LogP contribution in [0, 0.1) is 6.92 Å². The maximum atomic E-state index is 13.4. The van der Waals surface area contributed by atoms with Gasteiger partial charge in [-0.05, 0) is 42.3 Å². The molecule has 29 heavy (non-hydrogen) atoms. The second-order valence-corrected chi connectivity index (χ2v) is 11.4. The first-order valence-electron chi connectivity index (χ1n) is 9.11. The number of hydrogen-bond acceptors (Lipinski definition) is 7. The molecule has 2 aromatic rings. The molecule has 9 heteroatoms. The molecule has 1 fully saturated rings. The average molecular weight is 440 g/mol. The van der Waals surface area contributed by atoms with E-state index in [9.17, 15) is 16.8 Å². The number of hydrogen-bond donors (Lipinski definition) is 1. The minimum absolute atomic E-state index is 0.0262. The number of sulfone groups is 2. The normalized spacial score (nSPS) is 21.1. The van der Waals surface area contributed by atoms with Crippen molar-refractivity contribution in [3.05, 3.63) is 53.6 Å². The number of benzene rings is 2. The minimum Gasteiger partial charge on any atom is -0.497 e. The van der Waals surface area contributed by atoms with Gasteiger partial charge < -0.3 is 14.8 Å². The van der Waals surface area contributed by atoms with Crippen LogP contribution < -0.4 is 14.8 Å². The molecule has 0 bridgehead atoms. The van der Waals surface area contributed by atoms with Gasteiger partial charge in [0.2, 0.25) is 0 Å². The van der Waals surface area contributed by atoms with Crippen LogP contribution in [-0.4, -0.2) is 53.9 Å². The lowest BCUT2D eigenvalue weighted by Gasteiger charge is -2.21. The van der Waals surface area contributed by atoms with Crippen molar-refractivity contribution in [1.29, 1.82) is 0 Å². The molecule has 1 aliphatic heterocycles. The van der Waals surface area contributed by atoms with E-state index in [0.717, 1.165) is 11.1 Å². The fourth-order valence-corrected chi connectivity index (χ4v) is 8.43. The smallest absolute Gasteiger partial charge is 0.187 e. The maximum Gasteiger partial charge on any atom is 0.187 e. The van der Waals surface area contributed by atoms with E-state index in [4.69, 9.17) is 9.47 Å². The summed E-state index contributed by atoms with van der Waals surface area (Å²) in [5, 5.41) is 2.05. The molecule has 2 aromatic carbocycles. The zero-order valence-electron chi connectivity index (χ0n) is 16.6. The molecule has 0 unspecified atom stereocenters. The molecule has 3 rings (SSSR count). The van der Waals surface area contributed by atoms with Crippen LogP contribution in [0.25, 0.3) is 0 Å². The first-order chi connectivity index (χ1) is 13.7. The van der Waals surface area contributed by atoms with Crippen molar-refractivity contribution < 1.29 is 26.3 Å². The Morgan fingerprint density at radius 3 is 2.34 bits per heavy atom. The molecule has 1 aliphatic rings. The third-order valence-electron chi connectivity index (χ3n) is 5.05. The summed E-state index contributed by atoms with van der Waals surface area (Å²) in [4.78, 5) is 0.0262. The van der Waals surface area contributed by atoms with E-state index in [2.05, 4.69) is 5.32 Å². The molecular formula is C20H25NO6S2. The number of rotatable bonds is 7. The van der Waals surface area contributed by atoms with Crippen molar-refractivity contribution in [1.82, 2.24) is 5.32 Å². The Morgan fingerprint density at radius 2 is 1.72 bits per heavy atom. The van der Waals surface area contributed by atoms with Crippen LogP contribution in [0.4, 0.5) is 0 Å². The Hall–Kier alpha value is -2.10. The second kappa shape index (κ2) is 8.33. The Labute approximate surface area is 171 Å². The van der Waals surface area contributed by atoms with Gasteiger partial charge in [-0.1, -0.05) is 18.2 Å². The Kier molecular flexibility index (Phi) is 6.21. The van der Waals surface area contributed by atoms with Crippen molar-refractivity contribution in [3.63, 3.8) is 0 Å². The van der Waals surface area contributed by atoms with Crippen LogP contribution in [0.1, 0.15) is 11.1 Å². The van der Waals surface area contributed by atoms with Crippen LogP contribution in [0.3, 0.4) is 0 Å². The predicted molar refractivity (Wildman–Crippen MR) is 111 cm³/mol. The highest BCUT2D eigenvalue weighted by atomic mass is 32.2. The molecule has 0 aliphatic carbocycles. The van der Waals surface area contributed by atoms with Gasteiger partial charge in [-0.15, -0.1) is 0 Å². The highest BCUT2D eigenvalue weighted by Gasteiger charge is 2.46. The Morgan fingerprint density at radius 1 is 1.03 bits per heavy atom. The quantitative estimate of drug-likeness (QED) is 0.702. The molecule has 0 spiro atoms. The maximum absolute atomic E-state index is 13.4. The standard InChI is InChI=1S/C20H25NO6S2/c1-14-4-9-18(27-3)19(10-14)29(24,25)20-13-28(22,23)12-17(20)21-11-15-5-7-16(26-2)8-6-15/h4-10,17,20-21H,11-13H2,1-3H3/t17-,20-/m0/s1. The second-order valence-electron chi connectivity index (χ2n) is 7.15. The molecule has 1 heterocycles. The van der Waals surface area contributed by atoms with Crippen molar-refractivity contribution in [3.8, 4) is 11.5 Å². The lowest BCUT2D eigenvalue weighted by Crippen LogP contribution is -2.43. The van der Waals surface area contributed by atoms with Crippen LogP contribution >= 0.6 is 0 Å². The third-order valence-corrected chi connectivity index (χ3v) is 9.22. The van der Waals surface area contributed by atoms with Crippen LogP contribution in [0.5, 0.6) is 11.5 Å². The van der Waals surface area contributed by atoms with Gasteiger partial charge in [0.1, 0.15) is 16.4 Å². The summed E-state index contributed by atoms with van der Waals surface area (Å²) in [7, 11) is -4.44. The van der Waals surface area contributed by atoms with Gasteiger partial charge in [-0.2, -0.15) is 0 Å². The van der Waals surface area contributed by atoms with Gasteiger partial charge in [-0.3, -0.25) is 0 Å². The SMILES string of the molecule is COc1ccc(CN[C@H]2CS(=O)(=O)C[C@@H]2S(=O)(=O)c2cc(C)ccc2OC)cc1. The summed E-state index contributed by atoms with van der Waals surface area (Å²) in [5.74, 6) is 0.298. The Balaban J connectivity index is 1.88. The zero-order chi connectivity index (χ0) is 21.2. The van der Waals surface area contributed by atoms with Gasteiger partial charge in [0.25, 0.3) is 0 Å². The van der Waals surface area contributed by atoms with Gasteiger partial charge in [0.05, 0.1) is 31.0 Å². The molecule has 0 amide bonds. The van der Waals surface area contributed by atoms with Gasteiger partial charge in [0.15, 0.2) is 19.7 Å². The molecule has 1 N–H and O–H groups in total. The van der Waals surface area contributed by atoms with Crippen molar-refractivity contribution >= 4 is 19.7 Å². The fraction of sp³-hybridized carbons (Fsp3) is 0.400. The van der Waals surface area contributed by atoms with E-state index < -0.39 is 36.7 Å². The molecule has 0 radical (unpaired) electrons. The molecule has 0 saturated carbocycles. The molecule has 158 valence electrons. The van der Waals surface area contributed by atoms with Crippen LogP contribution in [-0.2, 0) is 26.2 Å². The molecule has 0 aromatic heterocycles. The monoisotopic (exact) mass is 439 g/mol. The minimum atomic E-state index is -3.93. The zero-order valence-corrected chi connectivity index (χ0v) is 18.2. The van der Waals surface area contributed by atoms with E-state index >= 15 is 0 Å². The Bertz CT molecular complexity index is 1080. The molecule has 1 saturated heterocycles. The molecule has 2 atom stereocenters. The largest absolute Gasteiger partial charge is 0.497 e. The number of nitrogens with one attached hydrogen (secondary N) is 1. The number of methoxy groups -OCH3 is 2. The van der Waals surface area contributed by atoms with Crippen LogP contribution in [0.2, 0.25) is 0 Å². The van der Waals surface area contributed by atoms with E-state index in [-0.39, 0.29) is 16.4 Å². The summed E-state index contributed by atoms with van der Waals surface area (Å²) in [6.45, 7) is 2.13. The lowest BCUT2D eigenvalue weighted by molar-refractivity contribution is 0.402. The van der Waals surface area contributed by atoms with Crippen molar-refractivity contribution in [2.24, 2.45) is 0 Å². The number of ether oxygens (including phenoxy) is 2. The topological polar surface area (TPSA) is 98.8 Å². The average Bonchev–Trinajstić information content (AvgIpc) is 3.02. The van der Waals surface area contributed by atoms with E-state index in [1.54, 1.807) is 38.3 Å². The van der Waals surface area contributed by atoms with Gasteiger partial charge in [0, 0.05) is 12.6 Å². The molecular weight excluding hydrogens is 414 g/mol. The van der Waals surface area contributed by atoms with Gasteiger partial charge in [-0.25, -0.2) is 16.8 Å². The third kappa shape index (κ3) is 4.73. The first kappa shape index (κ1) is 21.6. The van der Waals surface area contributed by atoms with Crippen molar-refractivity contribution in [2.75, 3.05) is 25.7 Å². The predicted octanol–water partition coefficient (Wildman–Crippen LogP) is 1.74. The van der Waals surface area contributed by atoms with Crippen molar-refractivity contribution in [2.45, 2.75) is 29.7 Å². The lowest BCUT2D eigenvalue weighted by atomic mass is 10.2. The first-order valence-corrected chi connectivity index (χ1v) is 12.5. The summed E-state index contributed by atoms with van der Waals surface area (Å²) in [6, 6.07) is 11.5. The summed E-state index contributed by atoms with van der Waals surface area (Å²) in [5.41, 5.74) is 1.66. The van der Waals surface area contributed by atoms with E-state index in [1.807, 2.05) is 12.1 Å². The van der Waals surface area contributed by atoms with Gasteiger partial charge >= 0.3 is 0 Å². The number of aryl methyl sites for hydroxylation is 1. The highest BCUT2D eigenvalue weighted by Crippen LogP contribution is 2.32. The summed E-state index contributed by atoms with van der Waals surface area (Å²) in [6.07, 6.45) is 0. The highest BCUT2D eigenvalue weighted by molar-refractivity contribution is 7.96. The summed E-state index contributed by atoms with van der Waals surface area (Å²) >= 11 is 0. The van der Waals surface area contributed by atoms with E-state index in [0.29, 0.717) is 12.3 Å². The fourth-order valence-electron chi connectivity index (χ4n) is 3.47.